The van der Waals surface area contributed by atoms with Gasteiger partial charge < -0.3 is 23.4 Å². The van der Waals surface area contributed by atoms with Gasteiger partial charge in [0.25, 0.3) is 5.56 Å². The molecule has 5 rings (SSSR count). The first-order valence-electron chi connectivity index (χ1n) is 13.9. The monoisotopic (exact) mass is 616 g/mol. The van der Waals surface area contributed by atoms with Gasteiger partial charge in [-0.25, -0.2) is 14.6 Å². The molecule has 4 aromatic rings. The molecule has 1 aliphatic heterocycles. The van der Waals surface area contributed by atoms with E-state index in [1.54, 1.807) is 49.4 Å². The molecule has 0 saturated heterocycles. The average molecular weight is 617 g/mol. The van der Waals surface area contributed by atoms with Crippen LogP contribution in [0, 0.1) is 0 Å². The second-order valence-corrected chi connectivity index (χ2v) is 11.2. The van der Waals surface area contributed by atoms with Crippen molar-refractivity contribution in [3.8, 4) is 17.1 Å². The van der Waals surface area contributed by atoms with Gasteiger partial charge in [0, 0.05) is 24.3 Å². The number of aromatic nitrogens is 1. The minimum Gasteiger partial charge on any atom is -0.491 e. The van der Waals surface area contributed by atoms with Gasteiger partial charge >= 0.3 is 11.9 Å². The Kier molecular flexibility index (Phi) is 9.26. The van der Waals surface area contributed by atoms with Crippen molar-refractivity contribution in [3.05, 3.63) is 109 Å². The van der Waals surface area contributed by atoms with Gasteiger partial charge in [0.2, 0.25) is 0 Å². The summed E-state index contributed by atoms with van der Waals surface area (Å²) in [6, 6.07) is 16.9. The summed E-state index contributed by atoms with van der Waals surface area (Å²) < 4.78 is 29.3. The van der Waals surface area contributed by atoms with Gasteiger partial charge in [-0.05, 0) is 51.1 Å². The van der Waals surface area contributed by atoms with Crippen molar-refractivity contribution in [1.82, 2.24) is 4.57 Å². The lowest BCUT2D eigenvalue weighted by Crippen LogP contribution is -2.40. The Hall–Kier alpha value is -4.74. The number of hydrogen-bond donors (Lipinski definition) is 0. The maximum atomic E-state index is 14.0. The van der Waals surface area contributed by atoms with Crippen LogP contribution in [-0.4, -0.2) is 50.0 Å². The van der Waals surface area contributed by atoms with Crippen LogP contribution in [0.1, 0.15) is 48.5 Å². The molecule has 0 saturated carbocycles. The number of furan rings is 1. The van der Waals surface area contributed by atoms with Gasteiger partial charge in [-0.2, -0.15) is 0 Å². The van der Waals surface area contributed by atoms with Crippen molar-refractivity contribution in [2.45, 2.75) is 32.9 Å². The topological polar surface area (TPSA) is 119 Å². The molecule has 44 heavy (non-hydrogen) atoms. The molecule has 0 bridgehead atoms. The van der Waals surface area contributed by atoms with E-state index in [1.165, 1.54) is 30.1 Å². The summed E-state index contributed by atoms with van der Waals surface area (Å²) in [5.74, 6) is 0.557. The highest BCUT2D eigenvalue weighted by Crippen LogP contribution is 2.36. The molecule has 10 nitrogen and oxygen atoms in total. The SMILES string of the molecule is COCCOC(=O)C1=C(C)N=c2s/c(=C/c3ccc(-c4ccc(C(=O)OC)cc4)o3)c(=O)n2[C@@H]1c1ccccc1OC(C)C. The number of thiazole rings is 1. The van der Waals surface area contributed by atoms with Crippen molar-refractivity contribution >= 4 is 29.4 Å². The average Bonchev–Trinajstić information content (AvgIpc) is 3.60. The summed E-state index contributed by atoms with van der Waals surface area (Å²) in [5.41, 5.74) is 2.17. The number of fused-ring (bicyclic) bond motifs is 1. The third-order valence-corrected chi connectivity index (χ3v) is 7.81. The first kappa shape index (κ1) is 30.7. The van der Waals surface area contributed by atoms with Crippen LogP contribution in [0.3, 0.4) is 0 Å². The van der Waals surface area contributed by atoms with Gasteiger partial charge in [0.1, 0.15) is 29.9 Å². The predicted octanol–water partition coefficient (Wildman–Crippen LogP) is 4.26. The van der Waals surface area contributed by atoms with Crippen LogP contribution < -0.4 is 19.6 Å². The second kappa shape index (κ2) is 13.3. The summed E-state index contributed by atoms with van der Waals surface area (Å²) >= 11 is 1.20. The number of carbonyl (C=O) groups excluding carboxylic acids is 2. The molecule has 1 aliphatic rings. The molecule has 228 valence electrons. The van der Waals surface area contributed by atoms with E-state index in [0.717, 1.165) is 5.56 Å². The van der Waals surface area contributed by atoms with Crippen LogP contribution in [-0.2, 0) is 19.0 Å². The maximum Gasteiger partial charge on any atom is 0.338 e. The molecule has 2 aromatic heterocycles. The zero-order valence-electron chi connectivity index (χ0n) is 25.0. The van der Waals surface area contributed by atoms with Gasteiger partial charge in [0.05, 0.1) is 41.2 Å². The molecule has 0 amide bonds. The molecule has 0 aliphatic carbocycles. The molecule has 0 N–H and O–H groups in total. The number of rotatable bonds is 10. The Balaban J connectivity index is 1.59. The summed E-state index contributed by atoms with van der Waals surface area (Å²) in [4.78, 5) is 44.3. The van der Waals surface area contributed by atoms with E-state index in [4.69, 9.17) is 23.4 Å². The summed E-state index contributed by atoms with van der Waals surface area (Å²) in [5, 5.41) is 0. The van der Waals surface area contributed by atoms with E-state index in [1.807, 2.05) is 38.1 Å². The fourth-order valence-corrected chi connectivity index (χ4v) is 5.87. The number of methoxy groups -OCH3 is 2. The van der Waals surface area contributed by atoms with E-state index in [9.17, 15) is 14.4 Å². The maximum absolute atomic E-state index is 14.0. The molecule has 0 fully saturated rings. The highest BCUT2D eigenvalue weighted by atomic mass is 32.1. The minimum absolute atomic E-state index is 0.0552. The zero-order chi connectivity index (χ0) is 31.4. The van der Waals surface area contributed by atoms with E-state index in [2.05, 4.69) is 4.99 Å². The lowest BCUT2D eigenvalue weighted by Gasteiger charge is -2.27. The van der Waals surface area contributed by atoms with Crippen LogP contribution in [0.15, 0.2) is 86.1 Å². The minimum atomic E-state index is -0.834. The van der Waals surface area contributed by atoms with Crippen molar-refractivity contribution in [2.24, 2.45) is 4.99 Å². The number of carbonyl (C=O) groups is 2. The Morgan fingerprint density at radius 3 is 2.48 bits per heavy atom. The Morgan fingerprint density at radius 1 is 1.02 bits per heavy atom. The molecular weight excluding hydrogens is 584 g/mol. The second-order valence-electron chi connectivity index (χ2n) is 10.2. The van der Waals surface area contributed by atoms with Gasteiger partial charge in [-0.3, -0.25) is 9.36 Å². The lowest BCUT2D eigenvalue weighted by molar-refractivity contribution is -0.140. The third-order valence-electron chi connectivity index (χ3n) is 6.83. The van der Waals surface area contributed by atoms with Crippen LogP contribution in [0.25, 0.3) is 17.4 Å². The molecule has 0 spiro atoms. The quantitative estimate of drug-likeness (QED) is 0.192. The Morgan fingerprint density at radius 2 is 1.77 bits per heavy atom. The molecule has 2 aromatic carbocycles. The molecule has 1 atom stereocenters. The number of allylic oxidation sites excluding steroid dienone is 1. The first-order valence-corrected chi connectivity index (χ1v) is 14.8. The summed E-state index contributed by atoms with van der Waals surface area (Å²) in [6.07, 6.45) is 1.51. The van der Waals surface area contributed by atoms with Crippen LogP contribution in [0.4, 0.5) is 0 Å². The predicted molar refractivity (Wildman–Crippen MR) is 164 cm³/mol. The highest BCUT2D eigenvalue weighted by molar-refractivity contribution is 7.07. The number of ether oxygens (including phenoxy) is 4. The van der Waals surface area contributed by atoms with E-state index in [0.29, 0.717) is 43.4 Å². The van der Waals surface area contributed by atoms with E-state index >= 15 is 0 Å². The van der Waals surface area contributed by atoms with E-state index < -0.39 is 18.0 Å². The van der Waals surface area contributed by atoms with Crippen LogP contribution >= 0.6 is 11.3 Å². The fourth-order valence-electron chi connectivity index (χ4n) is 4.84. The fraction of sp³-hybridized carbons (Fsp3) is 0.273. The summed E-state index contributed by atoms with van der Waals surface area (Å²) in [7, 11) is 2.85. The van der Waals surface area contributed by atoms with Gasteiger partial charge in [0.15, 0.2) is 4.80 Å². The summed E-state index contributed by atoms with van der Waals surface area (Å²) in [6.45, 7) is 5.84. The number of para-hydroxylation sites is 1. The van der Waals surface area contributed by atoms with Crippen molar-refractivity contribution in [1.29, 1.82) is 0 Å². The first-order chi connectivity index (χ1) is 21.2. The molecule has 11 heteroatoms. The normalized spacial score (nSPS) is 14.8. The van der Waals surface area contributed by atoms with Crippen molar-refractivity contribution in [2.75, 3.05) is 27.4 Å². The lowest BCUT2D eigenvalue weighted by atomic mass is 9.95. The smallest absolute Gasteiger partial charge is 0.338 e. The zero-order valence-corrected chi connectivity index (χ0v) is 25.8. The molecule has 0 radical (unpaired) electrons. The number of nitrogens with zero attached hydrogens (tertiary/aromatic N) is 2. The van der Waals surface area contributed by atoms with Gasteiger partial charge in [-0.15, -0.1) is 0 Å². The Labute approximate surface area is 257 Å². The van der Waals surface area contributed by atoms with Gasteiger partial charge in [-0.1, -0.05) is 41.7 Å². The Bertz CT molecular complexity index is 1900. The van der Waals surface area contributed by atoms with Crippen LogP contribution in [0.5, 0.6) is 5.75 Å². The van der Waals surface area contributed by atoms with Crippen LogP contribution in [0.2, 0.25) is 0 Å². The largest absolute Gasteiger partial charge is 0.491 e. The van der Waals surface area contributed by atoms with Crippen molar-refractivity contribution < 1.29 is 33.0 Å². The number of esters is 2. The number of benzene rings is 2. The van der Waals surface area contributed by atoms with E-state index in [-0.39, 0.29) is 30.5 Å². The molecule has 3 heterocycles. The van der Waals surface area contributed by atoms with Crippen molar-refractivity contribution in [3.63, 3.8) is 0 Å². The molecular formula is C33H32N2O8S. The highest BCUT2D eigenvalue weighted by Gasteiger charge is 2.35. The third kappa shape index (κ3) is 6.29. The standard InChI is InChI=1S/C33H32N2O8S/c1-19(2)42-26-9-7-6-8-24(26)29-28(32(38)41-17-16-39-4)20(3)34-33-35(29)30(36)27(44-33)18-23-14-15-25(43-23)21-10-12-22(13-11-21)31(37)40-5/h6-15,18-19,29H,16-17H2,1-5H3/b27-18+/t29-/m1/s1. The molecule has 0 unspecified atom stereocenters. The number of hydrogen-bond acceptors (Lipinski definition) is 10.